The topological polar surface area (TPSA) is 27.0 Å². The van der Waals surface area contributed by atoms with Gasteiger partial charge in [0, 0.05) is 19.3 Å². The first-order valence-electron chi connectivity index (χ1n) is 7.05. The zero-order valence-electron chi connectivity index (χ0n) is 11.9. The molecule has 2 aromatic carbocycles. The number of nitrogens with zero attached hydrogens (tertiary/aromatic N) is 2. The fraction of sp³-hybridized carbons (Fsp3) is 0.278. The Kier molecular flexibility index (Phi) is 5.20. The molecule has 0 heterocycles. The van der Waals surface area contributed by atoms with Gasteiger partial charge in [-0.05, 0) is 43.0 Å². The van der Waals surface area contributed by atoms with Crippen LogP contribution >= 0.6 is 0 Å². The van der Waals surface area contributed by atoms with Crippen molar-refractivity contribution >= 4 is 5.69 Å². The first-order chi connectivity index (χ1) is 9.79. The summed E-state index contributed by atoms with van der Waals surface area (Å²) in [5.74, 6) is 0. The fourth-order valence-corrected chi connectivity index (χ4v) is 2.26. The first kappa shape index (κ1) is 14.1. The van der Waals surface area contributed by atoms with Crippen LogP contribution in [0, 0.1) is 11.3 Å². The molecule has 0 aromatic heterocycles. The molecule has 2 heteroatoms. The van der Waals surface area contributed by atoms with Crippen molar-refractivity contribution in [1.29, 1.82) is 5.26 Å². The highest BCUT2D eigenvalue weighted by molar-refractivity contribution is 5.50. The number of aryl methyl sites for hydroxylation is 1. The van der Waals surface area contributed by atoms with Crippen LogP contribution in [0.5, 0.6) is 0 Å². The van der Waals surface area contributed by atoms with E-state index in [-0.39, 0.29) is 0 Å². The summed E-state index contributed by atoms with van der Waals surface area (Å²) in [5, 5.41) is 8.92. The van der Waals surface area contributed by atoms with E-state index in [0.29, 0.717) is 0 Å². The number of hydrogen-bond donors (Lipinski definition) is 0. The molecule has 0 fully saturated rings. The van der Waals surface area contributed by atoms with Gasteiger partial charge in [0.1, 0.15) is 0 Å². The predicted octanol–water partition coefficient (Wildman–Crippen LogP) is 4.02. The molecule has 0 atom stereocenters. The van der Waals surface area contributed by atoms with Crippen molar-refractivity contribution < 1.29 is 0 Å². The van der Waals surface area contributed by atoms with Gasteiger partial charge in [0.25, 0.3) is 0 Å². The van der Waals surface area contributed by atoms with Gasteiger partial charge in [-0.25, -0.2) is 0 Å². The molecular formula is C18H20N2. The highest BCUT2D eigenvalue weighted by Gasteiger charge is 2.01. The minimum absolute atomic E-state index is 0.721. The van der Waals surface area contributed by atoms with E-state index < -0.39 is 0 Å². The van der Waals surface area contributed by atoms with Crippen LogP contribution in [0.4, 0.5) is 5.69 Å². The molecule has 0 spiro atoms. The lowest BCUT2D eigenvalue weighted by Crippen LogP contribution is -2.18. The van der Waals surface area contributed by atoms with Gasteiger partial charge in [-0.1, -0.05) is 36.4 Å². The molecule has 0 radical (unpaired) electrons. The zero-order chi connectivity index (χ0) is 14.2. The number of rotatable bonds is 6. The number of anilines is 1. The molecule has 102 valence electrons. The number of hydrogen-bond acceptors (Lipinski definition) is 2. The van der Waals surface area contributed by atoms with E-state index in [1.807, 2.05) is 18.2 Å². The van der Waals surface area contributed by atoms with E-state index in [1.54, 1.807) is 0 Å². The Morgan fingerprint density at radius 2 is 1.80 bits per heavy atom. The van der Waals surface area contributed by atoms with Gasteiger partial charge in [0.2, 0.25) is 0 Å². The summed E-state index contributed by atoms with van der Waals surface area (Å²) in [6, 6.07) is 20.6. The van der Waals surface area contributed by atoms with Crippen LogP contribution in [0.15, 0.2) is 54.6 Å². The molecule has 0 aliphatic heterocycles. The normalized spacial score (nSPS) is 10.0. The van der Waals surface area contributed by atoms with Crippen LogP contribution in [0.3, 0.4) is 0 Å². The Balaban J connectivity index is 1.77. The molecular weight excluding hydrogens is 244 g/mol. The van der Waals surface area contributed by atoms with Crippen molar-refractivity contribution in [3.05, 3.63) is 65.7 Å². The minimum Gasteiger partial charge on any atom is -0.375 e. The second-order valence-electron chi connectivity index (χ2n) is 5.03. The third-order valence-corrected chi connectivity index (χ3v) is 3.47. The van der Waals surface area contributed by atoms with Gasteiger partial charge in [0.15, 0.2) is 0 Å². The summed E-state index contributed by atoms with van der Waals surface area (Å²) in [4.78, 5) is 2.21. The fourth-order valence-electron chi connectivity index (χ4n) is 2.26. The molecule has 0 bridgehead atoms. The Bertz CT molecular complexity index is 569. The third-order valence-electron chi connectivity index (χ3n) is 3.47. The first-order valence-corrected chi connectivity index (χ1v) is 7.05. The van der Waals surface area contributed by atoms with Crippen molar-refractivity contribution in [2.24, 2.45) is 0 Å². The highest BCUT2D eigenvalue weighted by Crippen LogP contribution is 2.15. The average Bonchev–Trinajstić information content (AvgIpc) is 2.52. The van der Waals surface area contributed by atoms with Crippen LogP contribution in [0.25, 0.3) is 0 Å². The second kappa shape index (κ2) is 7.35. The third kappa shape index (κ3) is 4.13. The molecule has 0 saturated carbocycles. The van der Waals surface area contributed by atoms with Crippen LogP contribution in [-0.2, 0) is 6.42 Å². The van der Waals surface area contributed by atoms with Crippen molar-refractivity contribution in [3.63, 3.8) is 0 Å². The maximum absolute atomic E-state index is 8.92. The van der Waals surface area contributed by atoms with E-state index in [2.05, 4.69) is 54.4 Å². The summed E-state index contributed by atoms with van der Waals surface area (Å²) < 4.78 is 0. The standard InChI is InChI=1S/C18H20N2/c1-20(18-12-7-11-17(14-18)15-19)13-6-5-10-16-8-3-2-4-9-16/h2-4,7-9,11-12,14H,5-6,10,13H2,1H3. The lowest BCUT2D eigenvalue weighted by atomic mass is 10.1. The van der Waals surface area contributed by atoms with Crippen molar-refractivity contribution in [1.82, 2.24) is 0 Å². The molecule has 0 aliphatic carbocycles. The minimum atomic E-state index is 0.721. The smallest absolute Gasteiger partial charge is 0.0992 e. The Morgan fingerprint density at radius 1 is 1.00 bits per heavy atom. The molecule has 2 nitrogen and oxygen atoms in total. The van der Waals surface area contributed by atoms with Gasteiger partial charge in [0.05, 0.1) is 11.6 Å². The average molecular weight is 264 g/mol. The van der Waals surface area contributed by atoms with E-state index in [1.165, 1.54) is 12.0 Å². The van der Waals surface area contributed by atoms with Crippen molar-refractivity contribution in [2.75, 3.05) is 18.5 Å². The zero-order valence-corrected chi connectivity index (χ0v) is 11.9. The van der Waals surface area contributed by atoms with Crippen molar-refractivity contribution in [3.8, 4) is 6.07 Å². The molecule has 20 heavy (non-hydrogen) atoms. The quantitative estimate of drug-likeness (QED) is 0.737. The van der Waals surface area contributed by atoms with E-state index in [4.69, 9.17) is 5.26 Å². The molecule has 0 amide bonds. The van der Waals surface area contributed by atoms with E-state index in [0.717, 1.165) is 30.6 Å². The molecule has 0 aliphatic rings. The summed E-state index contributed by atoms with van der Waals surface area (Å²) in [5.41, 5.74) is 3.24. The lowest BCUT2D eigenvalue weighted by molar-refractivity contribution is 0.719. The van der Waals surface area contributed by atoms with E-state index >= 15 is 0 Å². The summed E-state index contributed by atoms with van der Waals surface area (Å²) in [6.07, 6.45) is 3.47. The monoisotopic (exact) mass is 264 g/mol. The molecule has 0 N–H and O–H groups in total. The molecule has 2 aromatic rings. The number of unbranched alkanes of at least 4 members (excludes halogenated alkanes) is 1. The summed E-state index contributed by atoms with van der Waals surface area (Å²) in [7, 11) is 2.08. The SMILES string of the molecule is CN(CCCCc1ccccc1)c1cccc(C#N)c1. The maximum Gasteiger partial charge on any atom is 0.0992 e. The Morgan fingerprint density at radius 3 is 2.55 bits per heavy atom. The van der Waals surface area contributed by atoms with Gasteiger partial charge < -0.3 is 4.90 Å². The van der Waals surface area contributed by atoms with Crippen molar-refractivity contribution in [2.45, 2.75) is 19.3 Å². The van der Waals surface area contributed by atoms with Gasteiger partial charge in [-0.2, -0.15) is 5.26 Å². The number of nitriles is 1. The second-order valence-corrected chi connectivity index (χ2v) is 5.03. The summed E-state index contributed by atoms with van der Waals surface area (Å²) in [6.45, 7) is 1.02. The highest BCUT2D eigenvalue weighted by atomic mass is 15.1. The van der Waals surface area contributed by atoms with Crippen LogP contribution in [-0.4, -0.2) is 13.6 Å². The lowest BCUT2D eigenvalue weighted by Gasteiger charge is -2.19. The molecule has 0 saturated heterocycles. The van der Waals surface area contributed by atoms with Gasteiger partial charge >= 0.3 is 0 Å². The van der Waals surface area contributed by atoms with E-state index in [9.17, 15) is 0 Å². The predicted molar refractivity (Wildman–Crippen MR) is 83.8 cm³/mol. The molecule has 0 unspecified atom stereocenters. The van der Waals surface area contributed by atoms with Crippen LogP contribution in [0.1, 0.15) is 24.0 Å². The molecule has 2 rings (SSSR count). The summed E-state index contributed by atoms with van der Waals surface area (Å²) >= 11 is 0. The Labute approximate surface area is 121 Å². The Hall–Kier alpha value is -2.27. The largest absolute Gasteiger partial charge is 0.375 e. The van der Waals surface area contributed by atoms with Gasteiger partial charge in [-0.3, -0.25) is 0 Å². The van der Waals surface area contributed by atoms with Crippen LogP contribution < -0.4 is 4.90 Å². The van der Waals surface area contributed by atoms with Crippen LogP contribution in [0.2, 0.25) is 0 Å². The number of benzene rings is 2. The van der Waals surface area contributed by atoms with Gasteiger partial charge in [-0.15, -0.1) is 0 Å². The maximum atomic E-state index is 8.92.